The molecule has 0 unspecified atom stereocenters. The van der Waals surface area contributed by atoms with Gasteiger partial charge in [0.1, 0.15) is 24.2 Å². The fraction of sp³-hybridized carbons (Fsp3) is 0.442. The van der Waals surface area contributed by atoms with Crippen LogP contribution in [0.25, 0.3) is 10.9 Å². The van der Waals surface area contributed by atoms with E-state index in [0.29, 0.717) is 18.5 Å². The lowest BCUT2D eigenvalue weighted by molar-refractivity contribution is -0.135. The van der Waals surface area contributed by atoms with Crippen LogP contribution in [0.5, 0.6) is 0 Å². The topological polar surface area (TPSA) is 283 Å². The minimum Gasteiger partial charge on any atom is -0.370 e. The molecule has 0 bridgehead atoms. The molecule has 0 radical (unpaired) electrons. The Balaban J connectivity index is 1.51. The van der Waals surface area contributed by atoms with E-state index in [1.807, 2.05) is 44.2 Å². The Kier molecular flexibility index (Phi) is 16.8. The fourth-order valence-corrected chi connectivity index (χ4v) is 7.55. The number of guanidine groups is 1. The summed E-state index contributed by atoms with van der Waals surface area (Å²) >= 11 is 0. The molecule has 2 aromatic carbocycles. The minimum atomic E-state index is -1.21. The summed E-state index contributed by atoms with van der Waals surface area (Å²) in [6, 6.07) is 11.3. The normalized spacial score (nSPS) is 21.4. The van der Waals surface area contributed by atoms with Gasteiger partial charge in [0.15, 0.2) is 5.96 Å². The van der Waals surface area contributed by atoms with Crippen molar-refractivity contribution in [2.75, 3.05) is 13.1 Å². The number of fused-ring (bicyclic) bond motifs is 1. The van der Waals surface area contributed by atoms with E-state index in [1.165, 1.54) is 12.5 Å². The third kappa shape index (κ3) is 13.7. The van der Waals surface area contributed by atoms with Crippen molar-refractivity contribution in [3.63, 3.8) is 0 Å². The Hall–Kier alpha value is -6.72. The molecule has 0 spiro atoms. The van der Waals surface area contributed by atoms with Crippen LogP contribution in [0.1, 0.15) is 69.2 Å². The molecule has 4 aromatic rings. The molecule has 0 aliphatic carbocycles. The van der Waals surface area contributed by atoms with Gasteiger partial charge in [-0.05, 0) is 36.0 Å². The Morgan fingerprint density at radius 2 is 1.39 bits per heavy atom. The number of carbonyl (C=O) groups excluding carboxylic acids is 6. The second-order valence-electron chi connectivity index (χ2n) is 15.3. The molecule has 18 nitrogen and oxygen atoms in total. The zero-order chi connectivity index (χ0) is 43.7. The summed E-state index contributed by atoms with van der Waals surface area (Å²) in [5.41, 5.74) is 14.0. The summed E-state index contributed by atoms with van der Waals surface area (Å²) < 4.78 is 0. The number of hydrogen-bond acceptors (Lipinski definition) is 8. The summed E-state index contributed by atoms with van der Waals surface area (Å²) in [7, 11) is 0. The van der Waals surface area contributed by atoms with Gasteiger partial charge in [0.2, 0.25) is 35.4 Å². The number of H-pyrrole nitrogens is 2. The largest absolute Gasteiger partial charge is 0.370 e. The quantitative estimate of drug-likeness (QED) is 0.0516. The number of nitrogens with one attached hydrogen (secondary N) is 8. The summed E-state index contributed by atoms with van der Waals surface area (Å²) in [5, 5.41) is 18.0. The first kappa shape index (κ1) is 45.4. The van der Waals surface area contributed by atoms with Crippen LogP contribution in [-0.4, -0.2) is 99.7 Å². The standard InChI is InChI=1S/C43H58N12O6/c1-3-27(4-2)33-22-38(57)52-36(21-29-24-46-25-50-29)42(61)54-34(19-26-11-6-5-7-12-26)41(60)53-32(15-10-17-48-43(44)45)40(59)55-35(39(58)47-18-16-37(56)51-33)20-28-23-49-31-14-9-8-13-30(28)31/h5-9,11-14,23-25,27,32-36,49H,3-4,10,15-22H2,1-2H3,(H,46,50)(H,47,58)(H,51,56)(H,52,57)(H,53,60)(H,54,61)(H,55,59)(H4,44,45,48)/t32-,33-,34+,35-,36-/m0/s1. The van der Waals surface area contributed by atoms with E-state index in [4.69, 9.17) is 11.5 Å². The third-order valence-corrected chi connectivity index (χ3v) is 10.9. The van der Waals surface area contributed by atoms with E-state index >= 15 is 0 Å². The van der Waals surface area contributed by atoms with Gasteiger partial charge in [0.25, 0.3) is 0 Å². The monoisotopic (exact) mass is 838 g/mol. The molecule has 3 heterocycles. The van der Waals surface area contributed by atoms with Gasteiger partial charge >= 0.3 is 0 Å². The van der Waals surface area contributed by atoms with Crippen molar-refractivity contribution in [2.24, 2.45) is 22.4 Å². The highest BCUT2D eigenvalue weighted by molar-refractivity contribution is 5.96. The highest BCUT2D eigenvalue weighted by Gasteiger charge is 2.33. The van der Waals surface area contributed by atoms with Crippen LogP contribution >= 0.6 is 0 Å². The summed E-state index contributed by atoms with van der Waals surface area (Å²) in [4.78, 5) is 98.3. The molecule has 2 aromatic heterocycles. The number of para-hydroxylation sites is 1. The first-order valence-corrected chi connectivity index (χ1v) is 20.8. The van der Waals surface area contributed by atoms with E-state index in [0.717, 1.165) is 22.0 Å². The van der Waals surface area contributed by atoms with Gasteiger partial charge in [-0.1, -0.05) is 75.2 Å². The first-order valence-electron chi connectivity index (χ1n) is 20.8. The van der Waals surface area contributed by atoms with E-state index in [9.17, 15) is 28.8 Å². The van der Waals surface area contributed by atoms with Gasteiger partial charge < -0.3 is 53.3 Å². The molecule has 1 saturated heterocycles. The van der Waals surface area contributed by atoms with Gasteiger partial charge in [0.05, 0.1) is 6.33 Å². The van der Waals surface area contributed by atoms with E-state index in [-0.39, 0.29) is 75.8 Å². The Morgan fingerprint density at radius 1 is 0.738 bits per heavy atom. The van der Waals surface area contributed by atoms with Crippen molar-refractivity contribution in [3.8, 4) is 0 Å². The maximum absolute atomic E-state index is 14.4. The summed E-state index contributed by atoms with van der Waals surface area (Å²) in [6.07, 6.45) is 6.37. The number of amides is 6. The van der Waals surface area contributed by atoms with Crippen LogP contribution in [0.2, 0.25) is 0 Å². The number of benzene rings is 2. The zero-order valence-electron chi connectivity index (χ0n) is 34.7. The Labute approximate surface area is 354 Å². The van der Waals surface area contributed by atoms with Crippen molar-refractivity contribution in [2.45, 2.75) is 102 Å². The number of aromatic nitrogens is 3. The lowest BCUT2D eigenvalue weighted by atomic mass is 9.91. The average Bonchev–Trinajstić information content (AvgIpc) is 3.91. The molecule has 6 amide bonds. The molecule has 61 heavy (non-hydrogen) atoms. The van der Waals surface area contributed by atoms with Gasteiger partial charge in [0, 0.05) is 80.2 Å². The zero-order valence-corrected chi connectivity index (χ0v) is 34.7. The lowest BCUT2D eigenvalue weighted by Gasteiger charge is -2.28. The molecule has 326 valence electrons. The van der Waals surface area contributed by atoms with E-state index in [1.54, 1.807) is 30.5 Å². The first-order chi connectivity index (χ1) is 29.4. The molecule has 1 fully saturated rings. The third-order valence-electron chi connectivity index (χ3n) is 10.9. The molecule has 1 aliphatic heterocycles. The van der Waals surface area contributed by atoms with Crippen molar-refractivity contribution in [1.29, 1.82) is 0 Å². The number of rotatable bonds is 13. The molecular formula is C43H58N12O6. The lowest BCUT2D eigenvalue weighted by Crippen LogP contribution is -2.59. The molecule has 5 atom stereocenters. The molecular weight excluding hydrogens is 781 g/mol. The predicted molar refractivity (Wildman–Crippen MR) is 230 cm³/mol. The van der Waals surface area contributed by atoms with Gasteiger partial charge in [-0.25, -0.2) is 4.98 Å². The summed E-state index contributed by atoms with van der Waals surface area (Å²) in [5.74, 6) is -3.59. The van der Waals surface area contributed by atoms with Crippen LogP contribution in [-0.2, 0) is 48.0 Å². The number of imidazole rings is 1. The molecule has 1 aliphatic rings. The number of nitrogens with zero attached hydrogens (tertiary/aromatic N) is 2. The second kappa shape index (κ2) is 22.6. The highest BCUT2D eigenvalue weighted by Crippen LogP contribution is 2.20. The predicted octanol–water partition coefficient (Wildman–Crippen LogP) is 0.743. The molecule has 5 rings (SSSR count). The van der Waals surface area contributed by atoms with Crippen molar-refractivity contribution >= 4 is 52.3 Å². The molecule has 12 N–H and O–H groups in total. The summed E-state index contributed by atoms with van der Waals surface area (Å²) in [6.45, 7) is 4.04. The Morgan fingerprint density at radius 3 is 2.08 bits per heavy atom. The number of hydrogen-bond donors (Lipinski definition) is 10. The maximum atomic E-state index is 14.4. The molecule has 0 saturated carbocycles. The molecule has 18 heteroatoms. The van der Waals surface area contributed by atoms with Crippen molar-refractivity contribution in [1.82, 2.24) is 46.9 Å². The minimum absolute atomic E-state index is 0.0204. The van der Waals surface area contributed by atoms with Crippen LogP contribution < -0.4 is 43.4 Å². The van der Waals surface area contributed by atoms with Crippen molar-refractivity contribution in [3.05, 3.63) is 90.1 Å². The van der Waals surface area contributed by atoms with Gasteiger partial charge in [-0.3, -0.25) is 33.8 Å². The Bertz CT molecular complexity index is 2110. The van der Waals surface area contributed by atoms with Crippen LogP contribution in [0.15, 0.2) is 78.3 Å². The van der Waals surface area contributed by atoms with Gasteiger partial charge in [-0.15, -0.1) is 0 Å². The second-order valence-corrected chi connectivity index (χ2v) is 15.3. The van der Waals surface area contributed by atoms with E-state index < -0.39 is 59.7 Å². The van der Waals surface area contributed by atoms with Crippen LogP contribution in [0.3, 0.4) is 0 Å². The SMILES string of the molecule is CCC(CC)[C@@H]1CC(=O)N[C@@H](Cc2cnc[nH]2)C(=O)N[C@H](Cc2ccccc2)C(=O)N[C@@H](CCCN=C(N)N)C(=O)N[C@@H](Cc2c[nH]c3ccccc23)C(=O)NCCC(=O)N1. The van der Waals surface area contributed by atoms with Gasteiger partial charge in [-0.2, -0.15) is 0 Å². The average molecular weight is 839 g/mol. The number of carbonyl (C=O) groups is 6. The van der Waals surface area contributed by atoms with Crippen LogP contribution in [0.4, 0.5) is 0 Å². The number of aromatic amines is 2. The van der Waals surface area contributed by atoms with Crippen molar-refractivity contribution < 1.29 is 28.8 Å². The maximum Gasteiger partial charge on any atom is 0.243 e. The van der Waals surface area contributed by atoms with Crippen LogP contribution in [0, 0.1) is 5.92 Å². The smallest absolute Gasteiger partial charge is 0.243 e. The fourth-order valence-electron chi connectivity index (χ4n) is 7.55. The number of aliphatic imine (C=N–C) groups is 1. The van der Waals surface area contributed by atoms with E-state index in [2.05, 4.69) is 51.8 Å². The number of nitrogens with two attached hydrogens (primary N) is 2. The highest BCUT2D eigenvalue weighted by atomic mass is 16.2.